The van der Waals surface area contributed by atoms with Crippen LogP contribution in [0.25, 0.3) is 0 Å². The second-order valence-electron chi connectivity index (χ2n) is 5.31. The summed E-state index contributed by atoms with van der Waals surface area (Å²) in [6, 6.07) is 0.979. The number of hydrogen-bond donors (Lipinski definition) is 1. The quantitative estimate of drug-likeness (QED) is 0.908. The number of nitrogens with zero attached hydrogens (tertiary/aromatic N) is 2. The van der Waals surface area contributed by atoms with Crippen LogP contribution in [0, 0.1) is 5.92 Å². The number of nitrogens with one attached hydrogen (secondary N) is 1. The smallest absolute Gasteiger partial charge is 0.378 e. The van der Waals surface area contributed by atoms with Crippen LogP contribution in [0.15, 0.2) is 12.3 Å². The number of rotatable bonds is 2. The van der Waals surface area contributed by atoms with Crippen molar-refractivity contribution in [3.63, 3.8) is 0 Å². The van der Waals surface area contributed by atoms with Crippen LogP contribution in [0.1, 0.15) is 31.4 Å². The fourth-order valence-corrected chi connectivity index (χ4v) is 3.11. The lowest BCUT2D eigenvalue weighted by Gasteiger charge is -2.33. The molecule has 0 radical (unpaired) electrons. The van der Waals surface area contributed by atoms with Crippen LogP contribution in [0.2, 0.25) is 0 Å². The predicted molar refractivity (Wildman–Crippen MR) is 66.1 cm³/mol. The minimum absolute atomic E-state index is 0.0531. The fourth-order valence-electron chi connectivity index (χ4n) is 3.11. The van der Waals surface area contributed by atoms with Gasteiger partial charge in [0.1, 0.15) is 5.69 Å². The molecule has 3 unspecified atom stereocenters. The molecule has 0 aromatic carbocycles. The lowest BCUT2D eigenvalue weighted by atomic mass is 9.82. The minimum atomic E-state index is -4.44. The predicted octanol–water partition coefficient (Wildman–Crippen LogP) is 2.86. The van der Waals surface area contributed by atoms with Gasteiger partial charge in [0.2, 0.25) is 5.95 Å². The largest absolute Gasteiger partial charge is 0.433 e. The maximum absolute atomic E-state index is 12.6. The van der Waals surface area contributed by atoms with E-state index in [1.54, 1.807) is 0 Å². The molecule has 1 N–H and O–H groups in total. The van der Waals surface area contributed by atoms with Gasteiger partial charge in [-0.1, -0.05) is 0 Å². The van der Waals surface area contributed by atoms with E-state index in [0.717, 1.165) is 44.6 Å². The first-order chi connectivity index (χ1) is 9.54. The van der Waals surface area contributed by atoms with Gasteiger partial charge in [-0.25, -0.2) is 9.97 Å². The molecule has 2 heterocycles. The molecule has 1 aromatic heterocycles. The van der Waals surface area contributed by atoms with Crippen molar-refractivity contribution < 1.29 is 17.9 Å². The third-order valence-electron chi connectivity index (χ3n) is 4.04. The highest BCUT2D eigenvalue weighted by Gasteiger charge is 2.38. The summed E-state index contributed by atoms with van der Waals surface area (Å²) in [6.07, 6.45) is 0.844. The normalized spacial score (nSPS) is 30.1. The van der Waals surface area contributed by atoms with Gasteiger partial charge < -0.3 is 10.1 Å². The Kier molecular flexibility index (Phi) is 3.54. The van der Waals surface area contributed by atoms with Crippen LogP contribution in [0.5, 0.6) is 0 Å². The molecule has 1 saturated carbocycles. The molecule has 4 nitrogen and oxygen atoms in total. The van der Waals surface area contributed by atoms with Crippen molar-refractivity contribution in [1.29, 1.82) is 0 Å². The molecular formula is C13H16F3N3O. The Morgan fingerprint density at radius 1 is 1.25 bits per heavy atom. The minimum Gasteiger partial charge on any atom is -0.378 e. The first-order valence-electron chi connectivity index (χ1n) is 6.82. The van der Waals surface area contributed by atoms with Crippen molar-refractivity contribution in [2.24, 2.45) is 5.92 Å². The molecule has 2 aliphatic rings. The van der Waals surface area contributed by atoms with E-state index in [4.69, 9.17) is 4.74 Å². The summed E-state index contributed by atoms with van der Waals surface area (Å²) < 4.78 is 43.5. The summed E-state index contributed by atoms with van der Waals surface area (Å²) in [5.41, 5.74) is -0.912. The van der Waals surface area contributed by atoms with Gasteiger partial charge in [0.25, 0.3) is 0 Å². The zero-order valence-electron chi connectivity index (χ0n) is 10.9. The summed E-state index contributed by atoms with van der Waals surface area (Å²) in [5.74, 6) is 0.402. The topological polar surface area (TPSA) is 47.0 Å². The van der Waals surface area contributed by atoms with Crippen LogP contribution < -0.4 is 5.32 Å². The van der Waals surface area contributed by atoms with Crippen molar-refractivity contribution in [2.45, 2.75) is 44.0 Å². The maximum atomic E-state index is 12.6. The summed E-state index contributed by atoms with van der Waals surface area (Å²) >= 11 is 0. The number of aromatic nitrogens is 2. The van der Waals surface area contributed by atoms with Crippen LogP contribution in [0.3, 0.4) is 0 Å². The van der Waals surface area contributed by atoms with E-state index in [-0.39, 0.29) is 18.1 Å². The van der Waals surface area contributed by atoms with Crippen LogP contribution in [-0.2, 0) is 10.9 Å². The Labute approximate surface area is 114 Å². The number of fused-ring (bicyclic) bond motifs is 1. The van der Waals surface area contributed by atoms with E-state index in [1.807, 2.05) is 0 Å². The highest BCUT2D eigenvalue weighted by Crippen LogP contribution is 2.36. The monoisotopic (exact) mass is 287 g/mol. The molecule has 3 rings (SSSR count). The standard InChI is InChI=1S/C13H16F3N3O/c14-13(15,16)11-4-6-17-12(19-11)18-9-2-1-3-10-8(9)5-7-20-10/h4,6,8-10H,1-3,5,7H2,(H,17,18,19). The molecule has 2 fully saturated rings. The SMILES string of the molecule is FC(F)(F)c1ccnc(NC2CCCC3OCCC23)n1. The van der Waals surface area contributed by atoms with Gasteiger partial charge in [0.05, 0.1) is 6.10 Å². The van der Waals surface area contributed by atoms with E-state index in [0.29, 0.717) is 5.92 Å². The van der Waals surface area contributed by atoms with Gasteiger partial charge in [-0.15, -0.1) is 0 Å². The number of ether oxygens (including phenoxy) is 1. The first kappa shape index (κ1) is 13.6. The molecule has 1 aromatic rings. The lowest BCUT2D eigenvalue weighted by Crippen LogP contribution is -2.38. The van der Waals surface area contributed by atoms with E-state index in [1.165, 1.54) is 0 Å². The van der Waals surface area contributed by atoms with Crippen molar-refractivity contribution in [1.82, 2.24) is 9.97 Å². The first-order valence-corrected chi connectivity index (χ1v) is 6.82. The third kappa shape index (κ3) is 2.72. The van der Waals surface area contributed by atoms with Gasteiger partial charge >= 0.3 is 6.18 Å². The van der Waals surface area contributed by atoms with Crippen molar-refractivity contribution in [3.05, 3.63) is 18.0 Å². The number of hydrogen-bond acceptors (Lipinski definition) is 4. The average molecular weight is 287 g/mol. The highest BCUT2D eigenvalue weighted by atomic mass is 19.4. The van der Waals surface area contributed by atoms with Crippen molar-refractivity contribution in [2.75, 3.05) is 11.9 Å². The van der Waals surface area contributed by atoms with Crippen LogP contribution >= 0.6 is 0 Å². The molecule has 1 aliphatic heterocycles. The molecule has 3 atom stereocenters. The molecule has 1 aliphatic carbocycles. The zero-order chi connectivity index (χ0) is 14.2. The number of anilines is 1. The molecular weight excluding hydrogens is 271 g/mol. The van der Waals surface area contributed by atoms with E-state index in [2.05, 4.69) is 15.3 Å². The van der Waals surface area contributed by atoms with Gasteiger partial charge in [0.15, 0.2) is 0 Å². The molecule has 110 valence electrons. The van der Waals surface area contributed by atoms with E-state index < -0.39 is 11.9 Å². The fraction of sp³-hybridized carbons (Fsp3) is 0.692. The second kappa shape index (κ2) is 5.20. The Balaban J connectivity index is 1.74. The van der Waals surface area contributed by atoms with Gasteiger partial charge in [-0.05, 0) is 31.7 Å². The number of halogens is 3. The van der Waals surface area contributed by atoms with Crippen molar-refractivity contribution >= 4 is 5.95 Å². The second-order valence-corrected chi connectivity index (χ2v) is 5.31. The van der Waals surface area contributed by atoms with E-state index >= 15 is 0 Å². The summed E-state index contributed by atoms with van der Waals surface area (Å²) in [6.45, 7) is 0.733. The summed E-state index contributed by atoms with van der Waals surface area (Å²) in [4.78, 5) is 7.46. The lowest BCUT2D eigenvalue weighted by molar-refractivity contribution is -0.141. The van der Waals surface area contributed by atoms with Crippen LogP contribution in [-0.4, -0.2) is 28.7 Å². The maximum Gasteiger partial charge on any atom is 0.433 e. The van der Waals surface area contributed by atoms with Crippen molar-refractivity contribution in [3.8, 4) is 0 Å². The Morgan fingerprint density at radius 2 is 2.10 bits per heavy atom. The molecule has 0 amide bonds. The van der Waals surface area contributed by atoms with Crippen LogP contribution in [0.4, 0.5) is 19.1 Å². The number of alkyl halides is 3. The zero-order valence-corrected chi connectivity index (χ0v) is 10.9. The summed E-state index contributed by atoms with van der Waals surface area (Å²) in [5, 5.41) is 3.06. The summed E-state index contributed by atoms with van der Waals surface area (Å²) in [7, 11) is 0. The Bertz CT molecular complexity index is 480. The molecule has 1 saturated heterocycles. The molecule has 7 heteroatoms. The van der Waals surface area contributed by atoms with Gasteiger partial charge in [0, 0.05) is 24.8 Å². The highest BCUT2D eigenvalue weighted by molar-refractivity contribution is 5.28. The molecule has 0 spiro atoms. The van der Waals surface area contributed by atoms with Gasteiger partial charge in [-0.3, -0.25) is 0 Å². The molecule has 0 bridgehead atoms. The Morgan fingerprint density at radius 3 is 2.90 bits per heavy atom. The Hall–Kier alpha value is -1.37. The third-order valence-corrected chi connectivity index (χ3v) is 4.04. The van der Waals surface area contributed by atoms with E-state index in [9.17, 15) is 13.2 Å². The molecule has 20 heavy (non-hydrogen) atoms. The average Bonchev–Trinajstić information content (AvgIpc) is 2.87. The van der Waals surface area contributed by atoms with Gasteiger partial charge in [-0.2, -0.15) is 13.2 Å².